The van der Waals surface area contributed by atoms with E-state index in [-0.39, 0.29) is 5.78 Å². The summed E-state index contributed by atoms with van der Waals surface area (Å²) in [5.74, 6) is 1.28. The predicted molar refractivity (Wildman–Crippen MR) is 102 cm³/mol. The van der Waals surface area contributed by atoms with Gasteiger partial charge in [0.1, 0.15) is 0 Å². The SMILES string of the molecule is Cc1cc(C)c(C(=O)CSc2nnc(-c3ccccc3)n2C)cc1C. The number of aryl methyl sites for hydroxylation is 3. The molecule has 5 heteroatoms. The van der Waals surface area contributed by atoms with E-state index < -0.39 is 0 Å². The summed E-state index contributed by atoms with van der Waals surface area (Å²) in [7, 11) is 1.93. The second-order valence-corrected chi connectivity index (χ2v) is 7.14. The molecule has 0 fully saturated rings. The Morgan fingerprint density at radius 1 is 1.00 bits per heavy atom. The fourth-order valence-corrected chi connectivity index (χ4v) is 3.54. The van der Waals surface area contributed by atoms with E-state index >= 15 is 0 Å². The van der Waals surface area contributed by atoms with Crippen LogP contribution in [-0.2, 0) is 7.05 Å². The number of hydrogen-bond acceptors (Lipinski definition) is 4. The lowest BCUT2D eigenvalue weighted by atomic mass is 9.99. The van der Waals surface area contributed by atoms with Crippen LogP contribution in [0.3, 0.4) is 0 Å². The first-order valence-electron chi connectivity index (χ1n) is 8.16. The molecule has 25 heavy (non-hydrogen) atoms. The van der Waals surface area contributed by atoms with Gasteiger partial charge in [-0.05, 0) is 43.5 Å². The molecule has 0 amide bonds. The molecule has 3 rings (SSSR count). The summed E-state index contributed by atoms with van der Waals surface area (Å²) in [6.45, 7) is 6.09. The number of hydrogen-bond donors (Lipinski definition) is 0. The van der Waals surface area contributed by atoms with Crippen molar-refractivity contribution >= 4 is 17.5 Å². The van der Waals surface area contributed by atoms with E-state index in [0.717, 1.165) is 33.2 Å². The van der Waals surface area contributed by atoms with Gasteiger partial charge in [-0.3, -0.25) is 4.79 Å². The average Bonchev–Trinajstić information content (AvgIpc) is 2.97. The fourth-order valence-electron chi connectivity index (χ4n) is 2.75. The highest BCUT2D eigenvalue weighted by atomic mass is 32.2. The maximum atomic E-state index is 12.6. The van der Waals surface area contributed by atoms with Crippen LogP contribution in [0, 0.1) is 20.8 Å². The summed E-state index contributed by atoms with van der Waals surface area (Å²) < 4.78 is 1.93. The number of aromatic nitrogens is 3. The molecule has 1 heterocycles. The highest BCUT2D eigenvalue weighted by molar-refractivity contribution is 7.99. The lowest BCUT2D eigenvalue weighted by molar-refractivity contribution is 0.102. The Morgan fingerprint density at radius 2 is 1.68 bits per heavy atom. The normalized spacial score (nSPS) is 10.9. The third kappa shape index (κ3) is 3.66. The van der Waals surface area contributed by atoms with Crippen LogP contribution in [0.25, 0.3) is 11.4 Å². The van der Waals surface area contributed by atoms with Gasteiger partial charge in [-0.15, -0.1) is 10.2 Å². The van der Waals surface area contributed by atoms with Crippen molar-refractivity contribution in [2.24, 2.45) is 7.05 Å². The Labute approximate surface area is 152 Å². The summed E-state index contributed by atoms with van der Waals surface area (Å²) in [4.78, 5) is 12.6. The first-order valence-corrected chi connectivity index (χ1v) is 9.14. The van der Waals surface area contributed by atoms with E-state index in [1.165, 1.54) is 17.3 Å². The van der Waals surface area contributed by atoms with Gasteiger partial charge in [0.2, 0.25) is 0 Å². The third-order valence-electron chi connectivity index (χ3n) is 4.34. The molecule has 0 aliphatic heterocycles. The highest BCUT2D eigenvalue weighted by Crippen LogP contribution is 2.24. The number of ketones is 1. The Bertz CT molecular complexity index is 916. The molecule has 0 saturated heterocycles. The Balaban J connectivity index is 1.75. The highest BCUT2D eigenvalue weighted by Gasteiger charge is 2.15. The van der Waals surface area contributed by atoms with Crippen molar-refractivity contribution in [3.8, 4) is 11.4 Å². The van der Waals surface area contributed by atoms with Crippen molar-refractivity contribution < 1.29 is 4.79 Å². The molecule has 0 atom stereocenters. The Hall–Kier alpha value is -2.40. The molecule has 0 unspecified atom stereocenters. The van der Waals surface area contributed by atoms with Crippen molar-refractivity contribution in [2.45, 2.75) is 25.9 Å². The second-order valence-electron chi connectivity index (χ2n) is 6.19. The molecule has 0 aliphatic rings. The van der Waals surface area contributed by atoms with Crippen LogP contribution >= 0.6 is 11.8 Å². The number of benzene rings is 2. The molecule has 0 aliphatic carbocycles. The molecule has 128 valence electrons. The van der Waals surface area contributed by atoms with Crippen LogP contribution in [0.5, 0.6) is 0 Å². The summed E-state index contributed by atoms with van der Waals surface area (Å²) in [6.07, 6.45) is 0. The van der Waals surface area contributed by atoms with Crippen LogP contribution in [-0.4, -0.2) is 26.3 Å². The quantitative estimate of drug-likeness (QED) is 0.505. The third-order valence-corrected chi connectivity index (χ3v) is 5.36. The maximum Gasteiger partial charge on any atom is 0.191 e. The zero-order chi connectivity index (χ0) is 18.0. The van der Waals surface area contributed by atoms with Crippen LogP contribution in [0.4, 0.5) is 0 Å². The minimum atomic E-state index is 0.120. The summed E-state index contributed by atoms with van der Waals surface area (Å²) >= 11 is 1.42. The minimum absolute atomic E-state index is 0.120. The monoisotopic (exact) mass is 351 g/mol. The lowest BCUT2D eigenvalue weighted by Gasteiger charge is -2.09. The standard InChI is InChI=1S/C20H21N3OS/c1-13-10-15(3)17(11-14(13)2)18(24)12-25-20-22-21-19(23(20)4)16-8-6-5-7-9-16/h5-11H,12H2,1-4H3. The molecule has 0 spiro atoms. The number of nitrogens with zero attached hydrogens (tertiary/aromatic N) is 3. The lowest BCUT2D eigenvalue weighted by Crippen LogP contribution is -2.07. The number of Topliss-reactive ketones (excluding diaryl/α,β-unsaturated/α-hetero) is 1. The maximum absolute atomic E-state index is 12.6. The molecule has 0 N–H and O–H groups in total. The molecule has 0 saturated carbocycles. The van der Waals surface area contributed by atoms with Gasteiger partial charge in [0, 0.05) is 18.2 Å². The van der Waals surface area contributed by atoms with Crippen molar-refractivity contribution in [3.63, 3.8) is 0 Å². The molecule has 0 radical (unpaired) electrons. The van der Waals surface area contributed by atoms with Crippen LogP contribution in [0.15, 0.2) is 47.6 Å². The average molecular weight is 351 g/mol. The van der Waals surface area contributed by atoms with Gasteiger partial charge in [-0.25, -0.2) is 0 Å². The summed E-state index contributed by atoms with van der Waals surface area (Å²) in [6, 6.07) is 14.0. The molecular weight excluding hydrogens is 330 g/mol. The zero-order valence-corrected chi connectivity index (χ0v) is 15.7. The second kappa shape index (κ2) is 7.23. The zero-order valence-electron chi connectivity index (χ0n) is 14.9. The smallest absolute Gasteiger partial charge is 0.191 e. The van der Waals surface area contributed by atoms with Crippen LogP contribution in [0.2, 0.25) is 0 Å². The van der Waals surface area contributed by atoms with Crippen molar-refractivity contribution in [2.75, 3.05) is 5.75 Å². The van der Waals surface area contributed by atoms with Crippen molar-refractivity contribution in [3.05, 3.63) is 64.7 Å². The van der Waals surface area contributed by atoms with Gasteiger partial charge < -0.3 is 4.57 Å². The summed E-state index contributed by atoms with van der Waals surface area (Å²) in [5.41, 5.74) is 5.19. The topological polar surface area (TPSA) is 47.8 Å². The van der Waals surface area contributed by atoms with E-state index in [9.17, 15) is 4.79 Å². The van der Waals surface area contributed by atoms with Gasteiger partial charge in [-0.2, -0.15) is 0 Å². The van der Waals surface area contributed by atoms with E-state index in [1.54, 1.807) is 0 Å². The molecule has 1 aromatic heterocycles. The van der Waals surface area contributed by atoms with Gasteiger partial charge in [0.15, 0.2) is 16.8 Å². The number of rotatable bonds is 5. The first-order chi connectivity index (χ1) is 12.0. The minimum Gasteiger partial charge on any atom is -0.305 e. The van der Waals surface area contributed by atoms with Crippen LogP contribution < -0.4 is 0 Å². The van der Waals surface area contributed by atoms with Crippen molar-refractivity contribution in [1.82, 2.24) is 14.8 Å². The van der Waals surface area contributed by atoms with Gasteiger partial charge in [-0.1, -0.05) is 48.2 Å². The van der Waals surface area contributed by atoms with Gasteiger partial charge in [0.05, 0.1) is 5.75 Å². The predicted octanol–water partition coefficient (Wildman–Crippen LogP) is 4.38. The van der Waals surface area contributed by atoms with Gasteiger partial charge in [0.25, 0.3) is 0 Å². The van der Waals surface area contributed by atoms with E-state index in [0.29, 0.717) is 5.75 Å². The first kappa shape index (κ1) is 17.4. The summed E-state index contributed by atoms with van der Waals surface area (Å²) in [5, 5.41) is 9.24. The van der Waals surface area contributed by atoms with Gasteiger partial charge >= 0.3 is 0 Å². The van der Waals surface area contributed by atoms with E-state index in [2.05, 4.69) is 23.2 Å². The number of thioether (sulfide) groups is 1. The molecular formula is C20H21N3OS. The number of carbonyl (C=O) groups excluding carboxylic acids is 1. The Kier molecular flexibility index (Phi) is 5.04. The van der Waals surface area contributed by atoms with E-state index in [4.69, 9.17) is 0 Å². The fraction of sp³-hybridized carbons (Fsp3) is 0.250. The number of carbonyl (C=O) groups is 1. The van der Waals surface area contributed by atoms with E-state index in [1.807, 2.05) is 61.9 Å². The van der Waals surface area contributed by atoms with Crippen LogP contribution in [0.1, 0.15) is 27.0 Å². The van der Waals surface area contributed by atoms with Crippen molar-refractivity contribution in [1.29, 1.82) is 0 Å². The largest absolute Gasteiger partial charge is 0.305 e. The Morgan fingerprint density at radius 3 is 2.40 bits per heavy atom. The molecule has 0 bridgehead atoms. The molecule has 3 aromatic rings. The molecule has 2 aromatic carbocycles. The molecule has 4 nitrogen and oxygen atoms in total.